The molecule has 0 spiro atoms. The number of carbonyl (C=O) groups excluding carboxylic acids is 2. The van der Waals surface area contributed by atoms with Crippen LogP contribution in [-0.2, 0) is 35.4 Å². The molecule has 17 heteroatoms. The Morgan fingerprint density at radius 2 is 1.79 bits per heavy atom. The molecule has 1 amide bonds. The van der Waals surface area contributed by atoms with Gasteiger partial charge in [0, 0.05) is 18.9 Å². The van der Waals surface area contributed by atoms with Crippen molar-refractivity contribution in [1.29, 1.82) is 0 Å². The molecule has 3 rings (SSSR count). The SMILES string of the molecule is CCC(=O)OC(C)ON=[N+]([O-])N(C)CC(=O)NS(=O)(=O)c1ccc(-n2nc(C(F)(F)F)cc2-c2ccc(C)cc2)cc1. The average molecular weight is 613 g/mol. The topological polar surface area (TPSA) is 158 Å². The molecule has 0 aliphatic heterocycles. The van der Waals surface area contributed by atoms with Crippen LogP contribution in [0.3, 0.4) is 0 Å². The lowest BCUT2D eigenvalue weighted by molar-refractivity contribution is -0.705. The number of aryl methyl sites for hydroxylation is 1. The summed E-state index contributed by atoms with van der Waals surface area (Å²) < 4.78 is 73.4. The van der Waals surface area contributed by atoms with Crippen molar-refractivity contribution in [1.82, 2.24) is 19.5 Å². The Kier molecular flexibility index (Phi) is 9.77. The van der Waals surface area contributed by atoms with E-state index in [4.69, 9.17) is 9.57 Å². The summed E-state index contributed by atoms with van der Waals surface area (Å²) in [6.07, 6.45) is -5.83. The molecular formula is C25H27F3N6O7S. The highest BCUT2D eigenvalue weighted by Crippen LogP contribution is 2.33. The van der Waals surface area contributed by atoms with Crippen molar-refractivity contribution in [2.75, 3.05) is 13.6 Å². The number of hydrogen-bond acceptors (Lipinski definition) is 9. The summed E-state index contributed by atoms with van der Waals surface area (Å²) in [7, 11) is -3.31. The normalized spacial score (nSPS) is 12.9. The third-order valence-electron chi connectivity index (χ3n) is 5.50. The average Bonchev–Trinajstić information content (AvgIpc) is 3.38. The number of aromatic nitrogens is 2. The van der Waals surface area contributed by atoms with Gasteiger partial charge in [-0.15, -0.1) is 5.01 Å². The molecule has 0 fully saturated rings. The fourth-order valence-electron chi connectivity index (χ4n) is 3.38. The first-order valence-electron chi connectivity index (χ1n) is 12.3. The molecule has 13 nitrogen and oxygen atoms in total. The van der Waals surface area contributed by atoms with Crippen LogP contribution in [0.4, 0.5) is 13.2 Å². The minimum absolute atomic E-state index is 0.0722. The Morgan fingerprint density at radius 1 is 1.17 bits per heavy atom. The largest absolute Gasteiger partial charge is 0.569 e. The summed E-state index contributed by atoms with van der Waals surface area (Å²) in [5.41, 5.74) is 0.487. The molecule has 0 radical (unpaired) electrons. The summed E-state index contributed by atoms with van der Waals surface area (Å²) in [4.78, 5) is 27.7. The second-order valence-corrected chi connectivity index (χ2v) is 10.6. The number of sulfonamides is 1. The first-order chi connectivity index (χ1) is 19.6. The van der Waals surface area contributed by atoms with Crippen molar-refractivity contribution in [3.8, 4) is 16.9 Å². The van der Waals surface area contributed by atoms with Gasteiger partial charge in [0.05, 0.1) is 28.3 Å². The van der Waals surface area contributed by atoms with Crippen molar-refractivity contribution in [2.24, 2.45) is 5.28 Å². The van der Waals surface area contributed by atoms with E-state index >= 15 is 0 Å². The van der Waals surface area contributed by atoms with Gasteiger partial charge in [-0.25, -0.2) is 17.8 Å². The number of ether oxygens (including phenoxy) is 1. The zero-order valence-corrected chi connectivity index (χ0v) is 23.6. The maximum atomic E-state index is 13.4. The predicted octanol–water partition coefficient (Wildman–Crippen LogP) is 3.71. The highest BCUT2D eigenvalue weighted by Gasteiger charge is 2.35. The molecule has 42 heavy (non-hydrogen) atoms. The number of benzene rings is 2. The fourth-order valence-corrected chi connectivity index (χ4v) is 4.36. The summed E-state index contributed by atoms with van der Waals surface area (Å²) in [6, 6.07) is 12.3. The first-order valence-corrected chi connectivity index (χ1v) is 13.7. The van der Waals surface area contributed by atoms with E-state index in [0.29, 0.717) is 10.6 Å². The Hall–Kier alpha value is -4.67. The number of likely N-dealkylation sites (N-methyl/N-ethyl adjacent to an activating group) is 1. The molecule has 3 aromatic rings. The molecule has 1 aromatic heterocycles. The van der Waals surface area contributed by atoms with Gasteiger partial charge in [0.15, 0.2) is 12.2 Å². The Balaban J connectivity index is 1.74. The van der Waals surface area contributed by atoms with Crippen molar-refractivity contribution < 1.29 is 45.7 Å². The smallest absolute Gasteiger partial charge is 0.435 e. The van der Waals surface area contributed by atoms with Crippen LogP contribution in [0.2, 0.25) is 0 Å². The summed E-state index contributed by atoms with van der Waals surface area (Å²) in [6.45, 7) is 3.93. The fraction of sp³-hybridized carbons (Fsp3) is 0.320. The van der Waals surface area contributed by atoms with Gasteiger partial charge in [0.2, 0.25) is 5.28 Å². The molecule has 1 heterocycles. The van der Waals surface area contributed by atoms with Gasteiger partial charge in [-0.3, -0.25) is 14.4 Å². The Morgan fingerprint density at radius 3 is 2.36 bits per heavy atom. The van der Waals surface area contributed by atoms with Crippen molar-refractivity contribution in [3.05, 3.63) is 71.1 Å². The third kappa shape index (κ3) is 8.18. The number of hydrogen-bond donors (Lipinski definition) is 1. The molecule has 0 bridgehead atoms. The Labute approximate surface area is 238 Å². The van der Waals surface area contributed by atoms with E-state index in [-0.39, 0.29) is 27.7 Å². The number of amides is 1. The van der Waals surface area contributed by atoms with Gasteiger partial charge >= 0.3 is 12.1 Å². The van der Waals surface area contributed by atoms with Gasteiger partial charge in [-0.05, 0) is 37.3 Å². The molecule has 0 saturated carbocycles. The number of nitrogens with zero attached hydrogens (tertiary/aromatic N) is 5. The van der Waals surface area contributed by atoms with Gasteiger partial charge in [-0.1, -0.05) is 36.8 Å². The molecule has 0 aliphatic rings. The highest BCUT2D eigenvalue weighted by atomic mass is 32.2. The lowest BCUT2D eigenvalue weighted by Gasteiger charge is -2.14. The number of hydrazine groups is 1. The van der Waals surface area contributed by atoms with Crippen molar-refractivity contribution in [2.45, 2.75) is 44.6 Å². The van der Waals surface area contributed by atoms with E-state index in [0.717, 1.165) is 35.5 Å². The van der Waals surface area contributed by atoms with E-state index in [9.17, 15) is 36.4 Å². The minimum Gasteiger partial charge on any atom is -0.569 e. The minimum atomic E-state index is -4.72. The second kappa shape index (κ2) is 12.9. The molecule has 2 aromatic carbocycles. The molecular weight excluding hydrogens is 585 g/mol. The van der Waals surface area contributed by atoms with Crippen LogP contribution in [0.5, 0.6) is 0 Å². The Bertz CT molecular complexity index is 1560. The molecule has 1 N–H and O–H groups in total. The number of halogens is 3. The van der Waals surface area contributed by atoms with Crippen LogP contribution in [-0.4, -0.2) is 59.9 Å². The molecule has 1 atom stereocenters. The number of alkyl halides is 3. The zero-order chi connectivity index (χ0) is 31.2. The molecule has 1 unspecified atom stereocenters. The van der Waals surface area contributed by atoms with Crippen LogP contribution >= 0.6 is 0 Å². The first kappa shape index (κ1) is 31.9. The van der Waals surface area contributed by atoms with E-state index in [2.05, 4.69) is 10.4 Å². The molecule has 226 valence electrons. The maximum absolute atomic E-state index is 13.4. The number of esters is 1. The van der Waals surface area contributed by atoms with Crippen LogP contribution in [0, 0.1) is 12.1 Å². The second-order valence-electron chi connectivity index (χ2n) is 8.88. The number of nitrogens with one attached hydrogen (secondary N) is 1. The monoisotopic (exact) mass is 612 g/mol. The van der Waals surface area contributed by atoms with Gasteiger partial charge in [0.25, 0.3) is 22.2 Å². The zero-order valence-electron chi connectivity index (χ0n) is 22.8. The summed E-state index contributed by atoms with van der Waals surface area (Å²) in [5, 5.41) is 19.4. The standard InChI is InChI=1S/C25H27F3N6O7S/c1-5-24(36)40-17(3)41-31-34(37)32(4)15-23(35)30-42(38,39)20-12-10-19(11-13-20)33-21(14-22(29-33)25(26,27)28)18-8-6-16(2)7-9-18/h6-14,17H,5,15H2,1-4H3,(H,30,35). The van der Waals surface area contributed by atoms with Gasteiger partial charge < -0.3 is 9.94 Å². The van der Waals surface area contributed by atoms with Crippen LogP contribution in [0.25, 0.3) is 16.9 Å². The van der Waals surface area contributed by atoms with Gasteiger partial charge in [-0.2, -0.15) is 18.3 Å². The lowest BCUT2D eigenvalue weighted by atomic mass is 10.1. The van der Waals surface area contributed by atoms with Crippen molar-refractivity contribution in [3.63, 3.8) is 0 Å². The van der Waals surface area contributed by atoms with E-state index in [1.807, 2.05) is 6.92 Å². The lowest BCUT2D eigenvalue weighted by Crippen LogP contribution is -2.40. The van der Waals surface area contributed by atoms with Crippen LogP contribution < -0.4 is 4.72 Å². The van der Waals surface area contributed by atoms with Gasteiger partial charge in [0.1, 0.15) is 0 Å². The molecule has 0 saturated heterocycles. The van der Waals surface area contributed by atoms with Crippen LogP contribution in [0.1, 0.15) is 31.5 Å². The predicted molar refractivity (Wildman–Crippen MR) is 140 cm³/mol. The maximum Gasteiger partial charge on any atom is 0.435 e. The highest BCUT2D eigenvalue weighted by molar-refractivity contribution is 7.90. The van der Waals surface area contributed by atoms with Crippen molar-refractivity contribution >= 4 is 21.9 Å². The summed E-state index contributed by atoms with van der Waals surface area (Å²) >= 11 is 0. The summed E-state index contributed by atoms with van der Waals surface area (Å²) in [5.74, 6) is -1.70. The number of rotatable bonds is 11. The molecule has 0 aliphatic carbocycles. The number of carbonyl (C=O) groups is 2. The van der Waals surface area contributed by atoms with E-state index in [1.54, 1.807) is 35.9 Å². The van der Waals surface area contributed by atoms with E-state index < -0.39 is 46.6 Å². The quantitative estimate of drug-likeness (QED) is 0.112. The van der Waals surface area contributed by atoms with E-state index in [1.165, 1.54) is 19.1 Å². The van der Waals surface area contributed by atoms with Crippen LogP contribution in [0.15, 0.2) is 64.8 Å². The third-order valence-corrected chi connectivity index (χ3v) is 6.89.